The number of aromatic nitrogens is 1. The van der Waals surface area contributed by atoms with Gasteiger partial charge in [0.1, 0.15) is 6.54 Å². The zero-order valence-electron chi connectivity index (χ0n) is 12.6. The highest BCUT2D eigenvalue weighted by Gasteiger charge is 2.31. The summed E-state index contributed by atoms with van der Waals surface area (Å²) in [6.45, 7) is 4.26. The number of amides is 1. The van der Waals surface area contributed by atoms with Crippen LogP contribution in [0, 0.1) is 13.8 Å². The molecule has 1 aromatic carbocycles. The van der Waals surface area contributed by atoms with Gasteiger partial charge >= 0.3 is 4.87 Å². The quantitative estimate of drug-likeness (QED) is 0.936. The number of aliphatic hydroxyl groups excluding tert-OH is 1. The first-order valence-corrected chi connectivity index (χ1v) is 8.01. The molecular formula is C16H18N2O3S. The Morgan fingerprint density at radius 2 is 2.09 bits per heavy atom. The van der Waals surface area contributed by atoms with Crippen molar-refractivity contribution in [2.75, 3.05) is 18.1 Å². The number of anilines is 1. The van der Waals surface area contributed by atoms with Crippen molar-refractivity contribution in [1.29, 1.82) is 0 Å². The summed E-state index contributed by atoms with van der Waals surface area (Å²) < 4.78 is 1.53. The van der Waals surface area contributed by atoms with Gasteiger partial charge in [-0.3, -0.25) is 14.2 Å². The Kier molecular flexibility index (Phi) is 3.88. The predicted octanol–water partition coefficient (Wildman–Crippen LogP) is 1.65. The van der Waals surface area contributed by atoms with Crippen LogP contribution in [0.4, 0.5) is 5.69 Å². The summed E-state index contributed by atoms with van der Waals surface area (Å²) in [5, 5.41) is 9.50. The van der Waals surface area contributed by atoms with Gasteiger partial charge < -0.3 is 10.0 Å². The number of aryl methyl sites for hydroxylation is 1. The van der Waals surface area contributed by atoms with Crippen LogP contribution in [0.2, 0.25) is 0 Å². The van der Waals surface area contributed by atoms with Gasteiger partial charge in [-0.15, -0.1) is 0 Å². The van der Waals surface area contributed by atoms with Gasteiger partial charge in [0.25, 0.3) is 0 Å². The number of benzene rings is 1. The summed E-state index contributed by atoms with van der Waals surface area (Å²) in [5.74, 6) is -0.173. The van der Waals surface area contributed by atoms with Gasteiger partial charge in [-0.1, -0.05) is 29.5 Å². The highest BCUT2D eigenvalue weighted by Crippen LogP contribution is 2.35. The lowest BCUT2D eigenvalue weighted by atomic mass is 10.0. The molecule has 5 nitrogen and oxygen atoms in total. The molecule has 0 saturated carbocycles. The van der Waals surface area contributed by atoms with Crippen molar-refractivity contribution >= 4 is 22.9 Å². The molecular weight excluding hydrogens is 300 g/mol. The minimum absolute atomic E-state index is 0.0112. The Labute approximate surface area is 132 Å². The Balaban J connectivity index is 1.89. The molecule has 1 N–H and O–H groups in total. The van der Waals surface area contributed by atoms with Crippen molar-refractivity contribution in [3.8, 4) is 0 Å². The number of para-hydroxylation sites is 1. The first kappa shape index (κ1) is 15.0. The van der Waals surface area contributed by atoms with Crippen molar-refractivity contribution in [3.63, 3.8) is 0 Å². The third-order valence-corrected chi connectivity index (χ3v) is 5.26. The molecule has 0 spiro atoms. The van der Waals surface area contributed by atoms with E-state index >= 15 is 0 Å². The number of aliphatic hydroxyl groups is 1. The molecule has 1 unspecified atom stereocenters. The molecule has 1 amide bonds. The van der Waals surface area contributed by atoms with E-state index in [0.717, 1.165) is 21.8 Å². The topological polar surface area (TPSA) is 62.5 Å². The first-order valence-electron chi connectivity index (χ1n) is 7.20. The van der Waals surface area contributed by atoms with Crippen LogP contribution >= 0.6 is 11.3 Å². The smallest absolute Gasteiger partial charge is 0.308 e. The number of hydrogen-bond donors (Lipinski definition) is 1. The number of nitrogens with zero attached hydrogens (tertiary/aromatic N) is 2. The average Bonchev–Trinajstić information content (AvgIpc) is 3.00. The SMILES string of the molecule is Cc1sc(=O)n(CC(=O)N2CC(CO)c3ccccc32)c1C. The van der Waals surface area contributed by atoms with E-state index in [2.05, 4.69) is 0 Å². The molecule has 0 bridgehead atoms. The molecule has 6 heteroatoms. The number of fused-ring (bicyclic) bond motifs is 1. The lowest BCUT2D eigenvalue weighted by Crippen LogP contribution is -2.35. The zero-order chi connectivity index (χ0) is 15.9. The van der Waals surface area contributed by atoms with Gasteiger partial charge in [-0.05, 0) is 25.5 Å². The molecule has 1 aliphatic rings. The van der Waals surface area contributed by atoms with Crippen LogP contribution in [-0.2, 0) is 11.3 Å². The second-order valence-electron chi connectivity index (χ2n) is 5.54. The molecule has 3 rings (SSSR count). The summed E-state index contributed by atoms with van der Waals surface area (Å²) in [6, 6.07) is 7.62. The van der Waals surface area contributed by atoms with Gasteiger partial charge in [0, 0.05) is 28.7 Å². The fourth-order valence-electron chi connectivity index (χ4n) is 2.88. The number of rotatable bonds is 3. The fourth-order valence-corrected chi connectivity index (χ4v) is 3.71. The van der Waals surface area contributed by atoms with E-state index in [1.807, 2.05) is 38.1 Å². The Morgan fingerprint density at radius 3 is 2.73 bits per heavy atom. The molecule has 0 fully saturated rings. The molecule has 0 radical (unpaired) electrons. The second kappa shape index (κ2) is 5.70. The van der Waals surface area contributed by atoms with Crippen molar-refractivity contribution in [3.05, 3.63) is 50.1 Å². The molecule has 116 valence electrons. The standard InChI is InChI=1S/C16H18N2O3S/c1-10-11(2)22-16(21)17(10)8-15(20)18-7-12(9-19)13-5-3-4-6-14(13)18/h3-6,12,19H,7-9H2,1-2H3. The normalized spacial score (nSPS) is 16.9. The molecule has 22 heavy (non-hydrogen) atoms. The summed E-state index contributed by atoms with van der Waals surface area (Å²) in [7, 11) is 0. The number of carbonyl (C=O) groups is 1. The van der Waals surface area contributed by atoms with E-state index in [1.54, 1.807) is 4.90 Å². The largest absolute Gasteiger partial charge is 0.396 e. The van der Waals surface area contributed by atoms with Crippen LogP contribution in [0.5, 0.6) is 0 Å². The van der Waals surface area contributed by atoms with Crippen molar-refractivity contribution in [2.24, 2.45) is 0 Å². The van der Waals surface area contributed by atoms with Gasteiger partial charge in [0.05, 0.1) is 6.61 Å². The lowest BCUT2D eigenvalue weighted by Gasteiger charge is -2.18. The predicted molar refractivity (Wildman–Crippen MR) is 86.7 cm³/mol. The van der Waals surface area contributed by atoms with Gasteiger partial charge in [-0.25, -0.2) is 0 Å². The zero-order valence-corrected chi connectivity index (χ0v) is 13.4. The monoisotopic (exact) mass is 318 g/mol. The Morgan fingerprint density at radius 1 is 1.36 bits per heavy atom. The van der Waals surface area contributed by atoms with Crippen LogP contribution in [0.15, 0.2) is 29.1 Å². The molecule has 1 aromatic heterocycles. The first-order chi connectivity index (χ1) is 10.5. The maximum absolute atomic E-state index is 12.6. The van der Waals surface area contributed by atoms with E-state index in [-0.39, 0.29) is 29.8 Å². The Bertz CT molecular complexity index is 778. The highest BCUT2D eigenvalue weighted by molar-refractivity contribution is 7.09. The van der Waals surface area contributed by atoms with Crippen LogP contribution in [0.1, 0.15) is 22.1 Å². The van der Waals surface area contributed by atoms with E-state index in [1.165, 1.54) is 15.9 Å². The van der Waals surface area contributed by atoms with E-state index in [4.69, 9.17) is 0 Å². The maximum Gasteiger partial charge on any atom is 0.308 e. The molecule has 2 heterocycles. The highest BCUT2D eigenvalue weighted by atomic mass is 32.1. The Hall–Kier alpha value is -1.92. The number of hydrogen-bond acceptors (Lipinski definition) is 4. The lowest BCUT2D eigenvalue weighted by molar-refractivity contribution is -0.119. The summed E-state index contributed by atoms with van der Waals surface area (Å²) >= 11 is 1.17. The summed E-state index contributed by atoms with van der Waals surface area (Å²) in [5.41, 5.74) is 2.67. The number of carbonyl (C=O) groups excluding carboxylic acids is 1. The van der Waals surface area contributed by atoms with Gasteiger partial charge in [-0.2, -0.15) is 0 Å². The fraction of sp³-hybridized carbons (Fsp3) is 0.375. The molecule has 2 aromatic rings. The minimum atomic E-state index is -0.119. The van der Waals surface area contributed by atoms with Crippen molar-refractivity contribution < 1.29 is 9.90 Å². The second-order valence-corrected chi connectivity index (χ2v) is 6.70. The van der Waals surface area contributed by atoms with Gasteiger partial charge in [0.15, 0.2) is 0 Å². The summed E-state index contributed by atoms with van der Waals surface area (Å²) in [4.78, 5) is 27.1. The average molecular weight is 318 g/mol. The molecule has 1 aliphatic heterocycles. The van der Waals surface area contributed by atoms with Crippen LogP contribution in [0.3, 0.4) is 0 Å². The van der Waals surface area contributed by atoms with E-state index in [9.17, 15) is 14.7 Å². The van der Waals surface area contributed by atoms with Crippen LogP contribution in [0.25, 0.3) is 0 Å². The van der Waals surface area contributed by atoms with E-state index in [0.29, 0.717) is 6.54 Å². The van der Waals surface area contributed by atoms with Crippen LogP contribution < -0.4 is 9.77 Å². The van der Waals surface area contributed by atoms with Crippen molar-refractivity contribution in [1.82, 2.24) is 4.57 Å². The van der Waals surface area contributed by atoms with E-state index < -0.39 is 0 Å². The van der Waals surface area contributed by atoms with Crippen LogP contribution in [-0.4, -0.2) is 28.7 Å². The molecule has 0 aliphatic carbocycles. The minimum Gasteiger partial charge on any atom is -0.396 e. The van der Waals surface area contributed by atoms with Crippen molar-refractivity contribution in [2.45, 2.75) is 26.3 Å². The number of thiazole rings is 1. The molecule has 0 saturated heterocycles. The molecule has 1 atom stereocenters. The third kappa shape index (κ3) is 2.38. The maximum atomic E-state index is 12.6. The third-order valence-electron chi connectivity index (χ3n) is 4.26. The van der Waals surface area contributed by atoms with Gasteiger partial charge in [0.2, 0.25) is 5.91 Å². The summed E-state index contributed by atoms with van der Waals surface area (Å²) in [6.07, 6.45) is 0.